The van der Waals surface area contributed by atoms with E-state index < -0.39 is 42.0 Å². The lowest BCUT2D eigenvalue weighted by Crippen LogP contribution is -2.54. The maximum atomic E-state index is 14.2. The monoisotopic (exact) mass is 543 g/mol. The molecular formula is C24H26ClF4N5O3. The third kappa shape index (κ3) is 4.93. The summed E-state index contributed by atoms with van der Waals surface area (Å²) in [5.41, 5.74) is -2.63. The normalized spacial score (nSPS) is 27.2. The number of pyridine rings is 1. The molecule has 2 saturated carbocycles. The predicted molar refractivity (Wildman–Crippen MR) is 124 cm³/mol. The van der Waals surface area contributed by atoms with Crippen molar-refractivity contribution in [3.63, 3.8) is 0 Å². The Morgan fingerprint density at radius 1 is 1.16 bits per heavy atom. The molecule has 2 aliphatic carbocycles. The molecule has 37 heavy (non-hydrogen) atoms. The number of likely N-dealkylation sites (tertiary alicyclic amines) is 1. The maximum absolute atomic E-state index is 14.2. The first-order chi connectivity index (χ1) is 17.4. The first-order valence-corrected chi connectivity index (χ1v) is 12.6. The van der Waals surface area contributed by atoms with Gasteiger partial charge in [-0.25, -0.2) is 9.37 Å². The number of halogens is 5. The van der Waals surface area contributed by atoms with Crippen molar-refractivity contribution >= 4 is 23.4 Å². The van der Waals surface area contributed by atoms with Crippen LogP contribution in [-0.4, -0.2) is 66.9 Å². The number of carbonyl (C=O) groups excluding carboxylic acids is 2. The summed E-state index contributed by atoms with van der Waals surface area (Å²) in [6, 6.07) is 2.36. The molecule has 200 valence electrons. The van der Waals surface area contributed by atoms with Crippen molar-refractivity contribution in [3.05, 3.63) is 35.0 Å². The highest BCUT2D eigenvalue weighted by molar-refractivity contribution is 6.29. The van der Waals surface area contributed by atoms with Crippen LogP contribution in [0.4, 0.5) is 17.6 Å². The fraction of sp³-hybridized carbons (Fsp3) is 0.583. The molecule has 3 fully saturated rings. The van der Waals surface area contributed by atoms with E-state index in [-0.39, 0.29) is 52.7 Å². The summed E-state index contributed by atoms with van der Waals surface area (Å²) in [6.07, 6.45) is -2.15. The lowest BCUT2D eigenvalue weighted by atomic mass is 9.81. The van der Waals surface area contributed by atoms with Crippen molar-refractivity contribution in [2.24, 2.45) is 5.92 Å². The van der Waals surface area contributed by atoms with Crippen molar-refractivity contribution < 1.29 is 32.3 Å². The molecule has 2 aromatic heterocycles. The number of carbonyl (C=O) groups is 2. The van der Waals surface area contributed by atoms with Crippen LogP contribution in [-0.2, 0) is 4.79 Å². The molecule has 8 nitrogen and oxygen atoms in total. The van der Waals surface area contributed by atoms with Gasteiger partial charge in [0.2, 0.25) is 5.91 Å². The van der Waals surface area contributed by atoms with E-state index in [1.807, 2.05) is 0 Å². The second-order valence-electron chi connectivity index (χ2n) is 10.3. The highest BCUT2D eigenvalue weighted by atomic mass is 35.5. The van der Waals surface area contributed by atoms with E-state index in [2.05, 4.69) is 20.5 Å². The van der Waals surface area contributed by atoms with Crippen LogP contribution in [0.2, 0.25) is 5.15 Å². The first-order valence-electron chi connectivity index (χ1n) is 12.2. The van der Waals surface area contributed by atoms with Gasteiger partial charge in [-0.05, 0) is 63.5 Å². The second-order valence-corrected chi connectivity index (χ2v) is 10.7. The molecule has 1 aliphatic heterocycles. The maximum Gasteiger partial charge on any atom is 0.417 e. The number of aliphatic hydroxyl groups is 1. The number of H-pyrrole nitrogens is 1. The zero-order valence-corrected chi connectivity index (χ0v) is 20.5. The summed E-state index contributed by atoms with van der Waals surface area (Å²) < 4.78 is 53.3. The summed E-state index contributed by atoms with van der Waals surface area (Å²) in [6.45, 7) is 0.333. The van der Waals surface area contributed by atoms with Gasteiger partial charge in [0.25, 0.3) is 5.91 Å². The number of alkyl halides is 3. The van der Waals surface area contributed by atoms with Crippen molar-refractivity contribution in [2.45, 2.75) is 74.7 Å². The number of aromatic nitrogens is 3. The molecule has 3 N–H and O–H groups in total. The van der Waals surface area contributed by atoms with Crippen molar-refractivity contribution in [3.8, 4) is 11.3 Å². The molecule has 0 unspecified atom stereocenters. The van der Waals surface area contributed by atoms with Gasteiger partial charge >= 0.3 is 6.18 Å². The van der Waals surface area contributed by atoms with Gasteiger partial charge in [-0.15, -0.1) is 0 Å². The van der Waals surface area contributed by atoms with Crippen LogP contribution in [0.5, 0.6) is 0 Å². The lowest BCUT2D eigenvalue weighted by molar-refractivity contribution is -0.270. The van der Waals surface area contributed by atoms with Crippen LogP contribution in [0.1, 0.15) is 61.9 Å². The predicted octanol–water partition coefficient (Wildman–Crippen LogP) is 4.00. The average Bonchev–Trinajstić information content (AvgIpc) is 3.42. The summed E-state index contributed by atoms with van der Waals surface area (Å²) in [5, 5.41) is 19.5. The Morgan fingerprint density at radius 2 is 1.86 bits per heavy atom. The van der Waals surface area contributed by atoms with Crippen LogP contribution >= 0.6 is 11.6 Å². The van der Waals surface area contributed by atoms with Gasteiger partial charge in [-0.2, -0.15) is 18.3 Å². The third-order valence-electron chi connectivity index (χ3n) is 7.94. The zero-order valence-electron chi connectivity index (χ0n) is 19.7. The van der Waals surface area contributed by atoms with E-state index in [0.717, 1.165) is 19.0 Å². The molecule has 3 heterocycles. The van der Waals surface area contributed by atoms with Crippen molar-refractivity contribution in [1.82, 2.24) is 25.4 Å². The quantitative estimate of drug-likeness (QED) is 0.399. The number of rotatable bonds is 4. The second kappa shape index (κ2) is 9.23. The van der Waals surface area contributed by atoms with Crippen molar-refractivity contribution in [2.75, 3.05) is 6.54 Å². The van der Waals surface area contributed by atoms with Gasteiger partial charge in [0.05, 0.1) is 11.9 Å². The van der Waals surface area contributed by atoms with E-state index in [9.17, 15) is 32.3 Å². The molecular weight excluding hydrogens is 518 g/mol. The molecule has 0 radical (unpaired) electrons. The van der Waals surface area contributed by atoms with E-state index >= 15 is 0 Å². The Labute approximate surface area is 214 Å². The summed E-state index contributed by atoms with van der Waals surface area (Å²) in [5.74, 6) is -1.51. The van der Waals surface area contributed by atoms with Gasteiger partial charge in [0.15, 0.2) is 11.4 Å². The van der Waals surface area contributed by atoms with E-state index in [1.54, 1.807) is 4.90 Å². The standard InChI is InChI=1S/C24H26ClF4N5O3/c25-19-9-15(16(26)12-30-19)17-10-18(33-32-17)21(36)34-8-3-13(11-22(34)6-7-22)20(35)31-14-1-4-23(37,5-2-14)24(27,28)29/h9-10,12-14,37H,1-8,11H2,(H,31,35)(H,32,33)/t13-,14?,23?/m0/s1. The molecule has 1 spiro atoms. The lowest BCUT2D eigenvalue weighted by Gasteiger charge is -2.41. The number of hydrogen-bond donors (Lipinski definition) is 3. The minimum absolute atomic E-state index is 0.0513. The molecule has 2 aromatic rings. The van der Waals surface area contributed by atoms with Crippen LogP contribution in [0, 0.1) is 11.7 Å². The number of piperidine rings is 1. The molecule has 0 bridgehead atoms. The van der Waals surface area contributed by atoms with E-state index in [0.29, 0.717) is 19.4 Å². The largest absolute Gasteiger partial charge is 0.417 e. The van der Waals surface area contributed by atoms with Crippen LogP contribution in [0.25, 0.3) is 11.3 Å². The minimum Gasteiger partial charge on any atom is -0.380 e. The first kappa shape index (κ1) is 25.9. The van der Waals surface area contributed by atoms with Gasteiger partial charge in [-0.1, -0.05) is 11.6 Å². The summed E-state index contributed by atoms with van der Waals surface area (Å²) in [4.78, 5) is 31.6. The highest BCUT2D eigenvalue weighted by Crippen LogP contribution is 2.50. The van der Waals surface area contributed by atoms with Crippen LogP contribution in [0.3, 0.4) is 0 Å². The topological polar surface area (TPSA) is 111 Å². The molecule has 1 atom stereocenters. The molecule has 3 aliphatic rings. The van der Waals surface area contributed by atoms with Gasteiger partial charge < -0.3 is 15.3 Å². The molecule has 1 saturated heterocycles. The van der Waals surface area contributed by atoms with Gasteiger partial charge in [0, 0.05) is 29.6 Å². The Hall–Kier alpha value is -2.73. The van der Waals surface area contributed by atoms with E-state index in [4.69, 9.17) is 11.6 Å². The Bertz CT molecular complexity index is 1210. The summed E-state index contributed by atoms with van der Waals surface area (Å²) in [7, 11) is 0. The molecule has 2 amide bonds. The molecule has 0 aromatic carbocycles. The van der Waals surface area contributed by atoms with Gasteiger partial charge in [-0.3, -0.25) is 14.7 Å². The van der Waals surface area contributed by atoms with E-state index in [1.165, 1.54) is 12.1 Å². The number of hydrogen-bond acceptors (Lipinski definition) is 5. The number of nitrogens with zero attached hydrogens (tertiary/aromatic N) is 3. The van der Waals surface area contributed by atoms with Crippen molar-refractivity contribution in [1.29, 1.82) is 0 Å². The Kier molecular flexibility index (Phi) is 6.46. The number of amides is 2. The average molecular weight is 544 g/mol. The van der Waals surface area contributed by atoms with Crippen LogP contribution < -0.4 is 5.32 Å². The summed E-state index contributed by atoms with van der Waals surface area (Å²) >= 11 is 5.85. The molecule has 5 rings (SSSR count). The highest BCUT2D eigenvalue weighted by Gasteiger charge is 2.56. The SMILES string of the molecule is O=C(NC1CCC(O)(C(F)(F)F)CC1)[C@H]1CCN(C(=O)c2cc(-c3cc(Cl)ncc3F)n[nH]2)C2(CC2)C1. The minimum atomic E-state index is -4.69. The fourth-order valence-corrected chi connectivity index (χ4v) is 5.68. The Balaban J connectivity index is 1.20. The smallest absolute Gasteiger partial charge is 0.380 e. The number of aromatic amines is 1. The third-order valence-corrected chi connectivity index (χ3v) is 8.14. The fourth-order valence-electron chi connectivity index (χ4n) is 5.52. The zero-order chi connectivity index (χ0) is 26.6. The Morgan fingerprint density at radius 3 is 2.51 bits per heavy atom. The van der Waals surface area contributed by atoms with Crippen LogP contribution in [0.15, 0.2) is 18.3 Å². The molecule has 13 heteroatoms. The van der Waals surface area contributed by atoms with Gasteiger partial charge in [0.1, 0.15) is 10.8 Å². The number of nitrogens with one attached hydrogen (secondary N) is 2.